The molecule has 0 bridgehead atoms. The molecule has 0 aliphatic carbocycles. The molecular formula is C16H11N3O. The molecule has 4 aromatic heterocycles. The maximum atomic E-state index is 5.57. The number of fused-ring (bicyclic) bond motifs is 3. The van der Waals surface area contributed by atoms with Gasteiger partial charge in [0.2, 0.25) is 0 Å². The summed E-state index contributed by atoms with van der Waals surface area (Å²) < 4.78 is 4.07. The van der Waals surface area contributed by atoms with Crippen molar-refractivity contribution in [3.05, 3.63) is 48.8 Å². The standard InChI is InChI=1S/C16H11N3O/c1-20-19-11-5-2-4-10-14(11)15-12(19)7-8-17-16(15)13-6-3-9-18(10)13/h2-9H,1H3. The van der Waals surface area contributed by atoms with E-state index in [0.717, 1.165) is 22.1 Å². The summed E-state index contributed by atoms with van der Waals surface area (Å²) in [5, 5.41) is 2.38. The highest BCUT2D eigenvalue weighted by Gasteiger charge is 2.19. The highest BCUT2D eigenvalue weighted by Crippen LogP contribution is 2.37. The second-order valence-corrected chi connectivity index (χ2v) is 4.97. The van der Waals surface area contributed by atoms with Crippen molar-refractivity contribution in [3.63, 3.8) is 0 Å². The van der Waals surface area contributed by atoms with Gasteiger partial charge in [-0.2, -0.15) is 4.73 Å². The van der Waals surface area contributed by atoms with Crippen LogP contribution in [0.25, 0.3) is 38.4 Å². The molecule has 0 N–H and O–H groups in total. The summed E-state index contributed by atoms with van der Waals surface area (Å²) in [6, 6.07) is 12.5. The molecule has 0 atom stereocenters. The summed E-state index contributed by atoms with van der Waals surface area (Å²) in [6.07, 6.45) is 3.92. The van der Waals surface area contributed by atoms with E-state index in [4.69, 9.17) is 4.84 Å². The minimum Gasteiger partial charge on any atom is -0.416 e. The molecule has 0 aliphatic heterocycles. The van der Waals surface area contributed by atoms with Crippen molar-refractivity contribution in [1.29, 1.82) is 0 Å². The van der Waals surface area contributed by atoms with E-state index in [9.17, 15) is 0 Å². The van der Waals surface area contributed by atoms with E-state index in [1.165, 1.54) is 16.3 Å². The Kier molecular flexibility index (Phi) is 1.62. The van der Waals surface area contributed by atoms with Gasteiger partial charge in [-0.05, 0) is 30.3 Å². The number of rotatable bonds is 1. The lowest BCUT2D eigenvalue weighted by Gasteiger charge is -2.05. The molecule has 0 unspecified atom stereocenters. The van der Waals surface area contributed by atoms with Gasteiger partial charge in [-0.25, -0.2) is 0 Å². The maximum absolute atomic E-state index is 5.57. The van der Waals surface area contributed by atoms with Gasteiger partial charge >= 0.3 is 0 Å². The van der Waals surface area contributed by atoms with Crippen LogP contribution in [0.15, 0.2) is 48.8 Å². The molecule has 0 fully saturated rings. The molecule has 0 saturated carbocycles. The number of nitrogens with zero attached hydrogens (tertiary/aromatic N) is 3. The van der Waals surface area contributed by atoms with E-state index in [1.54, 1.807) is 7.11 Å². The zero-order valence-corrected chi connectivity index (χ0v) is 10.9. The van der Waals surface area contributed by atoms with Crippen LogP contribution in [-0.4, -0.2) is 21.2 Å². The zero-order chi connectivity index (χ0) is 13.3. The Morgan fingerprint density at radius 1 is 0.900 bits per heavy atom. The van der Waals surface area contributed by atoms with Gasteiger partial charge in [0.05, 0.1) is 27.6 Å². The summed E-state index contributed by atoms with van der Waals surface area (Å²) in [7, 11) is 1.70. The third-order valence-corrected chi connectivity index (χ3v) is 4.07. The average Bonchev–Trinajstić information content (AvgIpc) is 3.09. The number of hydrogen-bond donors (Lipinski definition) is 0. The molecule has 4 nitrogen and oxygen atoms in total. The first-order valence-electron chi connectivity index (χ1n) is 6.55. The molecule has 96 valence electrons. The highest BCUT2D eigenvalue weighted by molar-refractivity contribution is 6.24. The normalized spacial score (nSPS) is 12.2. The fraction of sp³-hybridized carbons (Fsp3) is 0.0625. The number of hydrogen-bond acceptors (Lipinski definition) is 2. The number of pyridine rings is 2. The van der Waals surface area contributed by atoms with Gasteiger partial charge in [-0.3, -0.25) is 4.98 Å². The maximum Gasteiger partial charge on any atom is 0.104 e. The summed E-state index contributed by atoms with van der Waals surface area (Å²) in [5.74, 6) is 0. The van der Waals surface area contributed by atoms with Gasteiger partial charge in [-0.15, -0.1) is 0 Å². The fourth-order valence-corrected chi connectivity index (χ4v) is 3.33. The van der Waals surface area contributed by atoms with Gasteiger partial charge < -0.3 is 9.24 Å². The Hall–Kier alpha value is -2.75. The Morgan fingerprint density at radius 2 is 1.70 bits per heavy atom. The summed E-state index contributed by atoms with van der Waals surface area (Å²) in [5.41, 5.74) is 5.47. The molecule has 0 aliphatic rings. The Balaban J connectivity index is 2.31. The van der Waals surface area contributed by atoms with Gasteiger partial charge in [0.1, 0.15) is 7.11 Å². The molecule has 20 heavy (non-hydrogen) atoms. The Labute approximate surface area is 114 Å². The first kappa shape index (κ1) is 10.1. The quantitative estimate of drug-likeness (QED) is 0.434. The Morgan fingerprint density at radius 3 is 2.60 bits per heavy atom. The van der Waals surface area contributed by atoms with E-state index in [0.29, 0.717) is 0 Å². The molecule has 1 aromatic carbocycles. The van der Waals surface area contributed by atoms with Crippen LogP contribution < -0.4 is 4.84 Å². The lowest BCUT2D eigenvalue weighted by Crippen LogP contribution is -2.04. The number of benzene rings is 1. The molecule has 0 spiro atoms. The lowest BCUT2D eigenvalue weighted by molar-refractivity contribution is 0.190. The van der Waals surface area contributed by atoms with Crippen LogP contribution in [0.2, 0.25) is 0 Å². The first-order valence-corrected chi connectivity index (χ1v) is 6.55. The van der Waals surface area contributed by atoms with Crippen LogP contribution in [0.1, 0.15) is 0 Å². The van der Waals surface area contributed by atoms with Crippen LogP contribution >= 0.6 is 0 Å². The van der Waals surface area contributed by atoms with E-state index in [1.807, 2.05) is 17.0 Å². The average molecular weight is 261 g/mol. The van der Waals surface area contributed by atoms with Gasteiger partial charge in [-0.1, -0.05) is 6.07 Å². The van der Waals surface area contributed by atoms with Crippen LogP contribution in [0.3, 0.4) is 0 Å². The monoisotopic (exact) mass is 261 g/mol. The molecule has 0 saturated heterocycles. The second-order valence-electron chi connectivity index (χ2n) is 4.97. The van der Waals surface area contributed by atoms with Gasteiger partial charge in [0.25, 0.3) is 0 Å². The van der Waals surface area contributed by atoms with E-state index >= 15 is 0 Å². The first-order chi connectivity index (χ1) is 9.90. The summed E-state index contributed by atoms with van der Waals surface area (Å²) in [4.78, 5) is 10.2. The van der Waals surface area contributed by atoms with Crippen molar-refractivity contribution >= 4 is 38.4 Å². The predicted octanol–water partition coefficient (Wildman–Crippen LogP) is 3.09. The molecule has 0 amide bonds. The van der Waals surface area contributed by atoms with Crippen molar-refractivity contribution in [2.24, 2.45) is 0 Å². The van der Waals surface area contributed by atoms with Gasteiger partial charge in [0, 0.05) is 23.2 Å². The largest absolute Gasteiger partial charge is 0.416 e. The SMILES string of the molecule is COn1c2ccnc3c2c2c1cccc2n1cccc31. The van der Waals surface area contributed by atoms with E-state index in [2.05, 4.69) is 45.9 Å². The molecule has 5 aromatic rings. The molecule has 4 heteroatoms. The molecule has 4 heterocycles. The van der Waals surface area contributed by atoms with Crippen LogP contribution in [0.5, 0.6) is 0 Å². The van der Waals surface area contributed by atoms with Gasteiger partial charge in [0.15, 0.2) is 0 Å². The highest BCUT2D eigenvalue weighted by atomic mass is 16.6. The topological polar surface area (TPSA) is 31.5 Å². The van der Waals surface area contributed by atoms with Crippen molar-refractivity contribution < 1.29 is 4.84 Å². The van der Waals surface area contributed by atoms with Crippen molar-refractivity contribution in [1.82, 2.24) is 14.1 Å². The van der Waals surface area contributed by atoms with Crippen molar-refractivity contribution in [3.8, 4) is 0 Å². The second kappa shape index (κ2) is 3.22. The Bertz CT molecular complexity index is 1000. The lowest BCUT2D eigenvalue weighted by atomic mass is 10.1. The van der Waals surface area contributed by atoms with Crippen LogP contribution in [0, 0.1) is 0 Å². The molecular weight excluding hydrogens is 250 g/mol. The fourth-order valence-electron chi connectivity index (χ4n) is 3.33. The van der Waals surface area contributed by atoms with Crippen LogP contribution in [-0.2, 0) is 0 Å². The minimum absolute atomic E-state index is 1.02. The summed E-state index contributed by atoms with van der Waals surface area (Å²) in [6.45, 7) is 0. The smallest absolute Gasteiger partial charge is 0.104 e. The van der Waals surface area contributed by atoms with Crippen molar-refractivity contribution in [2.75, 3.05) is 7.11 Å². The van der Waals surface area contributed by atoms with Crippen LogP contribution in [0.4, 0.5) is 0 Å². The third-order valence-electron chi connectivity index (χ3n) is 4.07. The zero-order valence-electron chi connectivity index (χ0n) is 10.9. The van der Waals surface area contributed by atoms with E-state index < -0.39 is 0 Å². The van der Waals surface area contributed by atoms with Crippen molar-refractivity contribution in [2.45, 2.75) is 0 Å². The third kappa shape index (κ3) is 0.945. The summed E-state index contributed by atoms with van der Waals surface area (Å²) >= 11 is 0. The number of aromatic nitrogens is 3. The predicted molar refractivity (Wildman–Crippen MR) is 79.4 cm³/mol. The molecule has 0 radical (unpaired) electrons. The minimum atomic E-state index is 1.02. The van der Waals surface area contributed by atoms with E-state index in [-0.39, 0.29) is 0 Å². The molecule has 5 rings (SSSR count).